The van der Waals surface area contributed by atoms with Crippen LogP contribution >= 0.6 is 12.2 Å². The molecule has 0 bridgehead atoms. The summed E-state index contributed by atoms with van der Waals surface area (Å²) in [7, 11) is 0. The lowest BCUT2D eigenvalue weighted by molar-refractivity contribution is 0.102. The Morgan fingerprint density at radius 2 is 1.81 bits per heavy atom. The zero-order chi connectivity index (χ0) is 14.8. The van der Waals surface area contributed by atoms with E-state index in [4.69, 9.17) is 12.2 Å². The fourth-order valence-corrected chi connectivity index (χ4v) is 3.36. The van der Waals surface area contributed by atoms with E-state index in [0.29, 0.717) is 10.2 Å². The molecule has 1 aromatic carbocycles. The first-order valence-corrected chi connectivity index (χ1v) is 7.68. The summed E-state index contributed by atoms with van der Waals surface area (Å²) >= 11 is 5.40. The largest absolute Gasteiger partial charge is 0.349 e. The molecular weight excluding hydrogens is 280 g/mol. The fraction of sp³-hybridized carbons (Fsp3) is 0.294. The average molecular weight is 298 g/mol. The lowest BCUT2D eigenvalue weighted by Crippen LogP contribution is -2.19. The number of para-hydroxylation sites is 1. The minimum Gasteiger partial charge on any atom is -0.349 e. The van der Waals surface area contributed by atoms with Crippen LogP contribution in [0.3, 0.4) is 0 Å². The van der Waals surface area contributed by atoms with Crippen molar-refractivity contribution in [2.45, 2.75) is 32.6 Å². The first kappa shape index (κ1) is 14.0. The Labute approximate surface area is 129 Å². The van der Waals surface area contributed by atoms with Gasteiger partial charge in [-0.15, -0.1) is 0 Å². The van der Waals surface area contributed by atoms with Gasteiger partial charge in [-0.1, -0.05) is 30.4 Å². The van der Waals surface area contributed by atoms with E-state index < -0.39 is 0 Å². The van der Waals surface area contributed by atoms with Gasteiger partial charge in [0.2, 0.25) is 0 Å². The highest BCUT2D eigenvalue weighted by atomic mass is 32.1. The van der Waals surface area contributed by atoms with Gasteiger partial charge in [0.05, 0.1) is 5.56 Å². The summed E-state index contributed by atoms with van der Waals surface area (Å²) < 4.78 is 0.543. The summed E-state index contributed by atoms with van der Waals surface area (Å²) in [5, 5.41) is 2.94. The molecule has 0 saturated carbocycles. The molecule has 0 fully saturated rings. The predicted molar refractivity (Wildman–Crippen MR) is 87.4 cm³/mol. The van der Waals surface area contributed by atoms with Crippen LogP contribution in [0.25, 0.3) is 0 Å². The van der Waals surface area contributed by atoms with Gasteiger partial charge in [0.15, 0.2) is 0 Å². The van der Waals surface area contributed by atoms with Crippen molar-refractivity contribution in [2.75, 3.05) is 5.32 Å². The number of rotatable bonds is 2. The van der Waals surface area contributed by atoms with Crippen LogP contribution in [0.4, 0.5) is 5.69 Å². The molecule has 1 aliphatic carbocycles. The van der Waals surface area contributed by atoms with E-state index in [1.807, 2.05) is 37.3 Å². The van der Waals surface area contributed by atoms with Crippen molar-refractivity contribution in [1.29, 1.82) is 0 Å². The zero-order valence-electron chi connectivity index (χ0n) is 12.0. The molecule has 0 atom stereocenters. The van der Waals surface area contributed by atoms with Crippen LogP contribution in [0, 0.1) is 11.6 Å². The van der Waals surface area contributed by atoms with Crippen LogP contribution in [0.1, 0.15) is 40.0 Å². The van der Waals surface area contributed by atoms with Gasteiger partial charge >= 0.3 is 0 Å². The van der Waals surface area contributed by atoms with Gasteiger partial charge in [-0.3, -0.25) is 4.79 Å². The van der Waals surface area contributed by atoms with E-state index in [1.54, 1.807) is 0 Å². The number of aryl methyl sites for hydroxylation is 1. The standard InChI is InChI=1S/C17H18N2OS/c1-11-13-9-5-6-10-14(13)15(17(21)18-11)16(20)19-12-7-3-2-4-8-12/h2-4,7-8H,5-6,9-10H2,1H3,(H,18,21)(H,19,20). The monoisotopic (exact) mass is 298 g/mol. The van der Waals surface area contributed by atoms with Crippen molar-refractivity contribution in [2.24, 2.45) is 0 Å². The topological polar surface area (TPSA) is 44.9 Å². The predicted octanol–water partition coefficient (Wildman–Crippen LogP) is 4.18. The van der Waals surface area contributed by atoms with Crippen LogP contribution < -0.4 is 5.32 Å². The molecule has 0 aliphatic heterocycles. The molecule has 3 rings (SSSR count). The molecule has 1 heterocycles. The molecule has 2 N–H and O–H groups in total. The van der Waals surface area contributed by atoms with Gasteiger partial charge in [0.25, 0.3) is 5.91 Å². The van der Waals surface area contributed by atoms with Crippen LogP contribution in [-0.4, -0.2) is 10.9 Å². The highest BCUT2D eigenvalue weighted by Crippen LogP contribution is 2.27. The third-order valence-corrected chi connectivity index (χ3v) is 4.32. The number of nitrogens with one attached hydrogen (secondary N) is 2. The van der Waals surface area contributed by atoms with E-state index in [0.717, 1.165) is 36.2 Å². The number of carbonyl (C=O) groups excluding carboxylic acids is 1. The molecule has 2 aromatic rings. The Kier molecular flexibility index (Phi) is 3.88. The average Bonchev–Trinajstić information content (AvgIpc) is 2.48. The quantitative estimate of drug-likeness (QED) is 0.817. The molecule has 0 saturated heterocycles. The van der Waals surface area contributed by atoms with Crippen molar-refractivity contribution in [3.05, 3.63) is 57.4 Å². The number of carbonyl (C=O) groups is 1. The Morgan fingerprint density at radius 3 is 2.52 bits per heavy atom. The summed E-state index contributed by atoms with van der Waals surface area (Å²) in [6.07, 6.45) is 4.26. The maximum Gasteiger partial charge on any atom is 0.258 e. The molecule has 108 valence electrons. The number of benzene rings is 1. The molecule has 1 aliphatic rings. The molecule has 1 amide bonds. The van der Waals surface area contributed by atoms with Gasteiger partial charge in [0, 0.05) is 11.4 Å². The highest BCUT2D eigenvalue weighted by Gasteiger charge is 2.21. The zero-order valence-corrected chi connectivity index (χ0v) is 12.8. The molecule has 3 nitrogen and oxygen atoms in total. The summed E-state index contributed by atoms with van der Waals surface area (Å²) in [6, 6.07) is 9.49. The number of aromatic amines is 1. The second-order valence-corrected chi connectivity index (χ2v) is 5.85. The van der Waals surface area contributed by atoms with E-state index in [9.17, 15) is 4.79 Å². The Bertz CT molecular complexity index is 734. The summed E-state index contributed by atoms with van der Waals surface area (Å²) in [5.41, 5.74) is 4.95. The van der Waals surface area contributed by atoms with Crippen molar-refractivity contribution in [1.82, 2.24) is 4.98 Å². The maximum absolute atomic E-state index is 12.6. The van der Waals surface area contributed by atoms with Crippen LogP contribution in [-0.2, 0) is 12.8 Å². The Balaban J connectivity index is 2.02. The number of anilines is 1. The van der Waals surface area contributed by atoms with Gasteiger partial charge in [-0.05, 0) is 55.9 Å². The molecule has 0 spiro atoms. The van der Waals surface area contributed by atoms with Crippen LogP contribution in [0.2, 0.25) is 0 Å². The van der Waals surface area contributed by atoms with Crippen LogP contribution in [0.15, 0.2) is 30.3 Å². The van der Waals surface area contributed by atoms with Crippen molar-refractivity contribution < 1.29 is 4.79 Å². The highest BCUT2D eigenvalue weighted by molar-refractivity contribution is 7.71. The number of aromatic nitrogens is 1. The second kappa shape index (κ2) is 5.82. The van der Waals surface area contributed by atoms with Crippen molar-refractivity contribution >= 4 is 23.8 Å². The summed E-state index contributed by atoms with van der Waals surface area (Å²) in [5.74, 6) is -0.111. The lowest BCUT2D eigenvalue weighted by Gasteiger charge is -2.21. The summed E-state index contributed by atoms with van der Waals surface area (Å²) in [6.45, 7) is 2.04. The van der Waals surface area contributed by atoms with Gasteiger partial charge < -0.3 is 10.3 Å². The third-order valence-electron chi connectivity index (χ3n) is 4.01. The van der Waals surface area contributed by atoms with Crippen molar-refractivity contribution in [3.63, 3.8) is 0 Å². The molecule has 0 radical (unpaired) electrons. The second-order valence-electron chi connectivity index (χ2n) is 5.44. The minimum atomic E-state index is -0.111. The summed E-state index contributed by atoms with van der Waals surface area (Å²) in [4.78, 5) is 15.8. The van der Waals surface area contributed by atoms with Crippen molar-refractivity contribution in [3.8, 4) is 0 Å². The van der Waals surface area contributed by atoms with Gasteiger partial charge in [-0.2, -0.15) is 0 Å². The number of amides is 1. The number of fused-ring (bicyclic) bond motifs is 1. The molecule has 1 aromatic heterocycles. The Morgan fingerprint density at radius 1 is 1.14 bits per heavy atom. The fourth-order valence-electron chi connectivity index (χ4n) is 3.00. The minimum absolute atomic E-state index is 0.111. The first-order chi connectivity index (χ1) is 10.2. The third kappa shape index (κ3) is 2.76. The normalized spacial score (nSPS) is 13.6. The molecule has 21 heavy (non-hydrogen) atoms. The molecule has 0 unspecified atom stereocenters. The number of hydrogen-bond acceptors (Lipinski definition) is 2. The smallest absolute Gasteiger partial charge is 0.258 e. The van der Waals surface area contributed by atoms with E-state index >= 15 is 0 Å². The maximum atomic E-state index is 12.6. The number of H-pyrrole nitrogens is 1. The van der Waals surface area contributed by atoms with E-state index in [1.165, 1.54) is 12.0 Å². The van der Waals surface area contributed by atoms with Crippen LogP contribution in [0.5, 0.6) is 0 Å². The van der Waals surface area contributed by atoms with Gasteiger partial charge in [-0.25, -0.2) is 0 Å². The number of hydrogen-bond donors (Lipinski definition) is 2. The van der Waals surface area contributed by atoms with E-state index in [2.05, 4.69) is 10.3 Å². The molecule has 4 heteroatoms. The molecular formula is C17H18N2OS. The lowest BCUT2D eigenvalue weighted by atomic mass is 9.88. The van der Waals surface area contributed by atoms with Gasteiger partial charge in [0.1, 0.15) is 4.64 Å². The first-order valence-electron chi connectivity index (χ1n) is 7.28. The Hall–Kier alpha value is -1.94. The SMILES string of the molecule is Cc1[nH]c(=S)c(C(=O)Nc2ccccc2)c2c1CCCC2. The van der Waals surface area contributed by atoms with E-state index in [-0.39, 0.29) is 5.91 Å². The number of pyridine rings is 1.